The van der Waals surface area contributed by atoms with Crippen molar-refractivity contribution in [2.75, 3.05) is 24.2 Å². The van der Waals surface area contributed by atoms with Crippen LogP contribution in [0.3, 0.4) is 0 Å². The molecule has 0 amide bonds. The van der Waals surface area contributed by atoms with E-state index < -0.39 is 5.66 Å². The Labute approximate surface area is 307 Å². The minimum absolute atomic E-state index is 0.502. The van der Waals surface area contributed by atoms with E-state index in [4.69, 9.17) is 10.7 Å². The van der Waals surface area contributed by atoms with Gasteiger partial charge in [-0.25, -0.2) is 0 Å². The number of allylic oxidation sites excluding steroid dienone is 4. The van der Waals surface area contributed by atoms with Gasteiger partial charge in [-0.1, -0.05) is 86.3 Å². The molecule has 49 heavy (non-hydrogen) atoms. The number of aliphatic imine (C=N–C) groups is 1. The van der Waals surface area contributed by atoms with Crippen molar-refractivity contribution in [1.29, 1.82) is 0 Å². The maximum atomic E-state index is 11.2. The highest BCUT2D eigenvalue weighted by molar-refractivity contribution is 9.10. The Hall–Kier alpha value is -3.26. The second kappa shape index (κ2) is 19.8. The summed E-state index contributed by atoms with van der Waals surface area (Å²) in [4.78, 5) is 18.6. The van der Waals surface area contributed by atoms with Crippen molar-refractivity contribution in [3.63, 3.8) is 0 Å². The average Bonchev–Trinajstić information content (AvgIpc) is 3.13. The van der Waals surface area contributed by atoms with Gasteiger partial charge in [0.05, 0.1) is 11.4 Å². The summed E-state index contributed by atoms with van der Waals surface area (Å²) in [6.07, 6.45) is 15.1. The van der Waals surface area contributed by atoms with Gasteiger partial charge in [-0.2, -0.15) is 11.8 Å². The minimum Gasteiger partial charge on any atom is -0.357 e. The van der Waals surface area contributed by atoms with Gasteiger partial charge in [0, 0.05) is 35.2 Å². The molecule has 4 rings (SSSR count). The van der Waals surface area contributed by atoms with Crippen molar-refractivity contribution >= 4 is 45.2 Å². The Morgan fingerprint density at radius 3 is 2.43 bits per heavy atom. The molecule has 0 heterocycles. The van der Waals surface area contributed by atoms with Crippen LogP contribution < -0.4 is 10.6 Å². The number of hydrogen-bond donors (Lipinski definition) is 1. The van der Waals surface area contributed by atoms with E-state index in [1.165, 1.54) is 33.5 Å². The lowest BCUT2D eigenvalue weighted by molar-refractivity contribution is 0.444. The molecule has 0 aliphatic heterocycles. The predicted octanol–water partition coefficient (Wildman–Crippen LogP) is 11.2. The number of rotatable bonds is 20. The number of anilines is 1. The number of benzene rings is 3. The third kappa shape index (κ3) is 11.7. The van der Waals surface area contributed by atoms with Crippen molar-refractivity contribution in [3.8, 4) is 0 Å². The Bertz CT molecular complexity index is 1610. The van der Waals surface area contributed by atoms with Crippen molar-refractivity contribution in [2.45, 2.75) is 89.5 Å². The second-order valence-electron chi connectivity index (χ2n) is 13.1. The molecule has 0 radical (unpaired) electrons. The maximum absolute atomic E-state index is 11.2. The second-order valence-corrected chi connectivity index (χ2v) is 15.0. The number of nitroso groups, excluding NO2 is 1. The number of hydrogen-bond acceptors (Lipinski definition) is 6. The van der Waals surface area contributed by atoms with Crippen LogP contribution in [0.1, 0.15) is 86.6 Å². The molecule has 0 spiro atoms. The summed E-state index contributed by atoms with van der Waals surface area (Å²) < 4.78 is 1.09. The molecule has 0 saturated heterocycles. The summed E-state index contributed by atoms with van der Waals surface area (Å²) >= 11 is 5.96. The maximum Gasteiger partial charge on any atom is 0.0854 e. The van der Waals surface area contributed by atoms with Gasteiger partial charge in [0.1, 0.15) is 0 Å². The zero-order valence-corrected chi connectivity index (χ0v) is 32.0. The Morgan fingerprint density at radius 1 is 1.04 bits per heavy atom. The van der Waals surface area contributed by atoms with Gasteiger partial charge in [0.15, 0.2) is 0 Å². The third-order valence-corrected chi connectivity index (χ3v) is 11.6. The molecule has 3 aromatic rings. The van der Waals surface area contributed by atoms with Crippen LogP contribution in [0.5, 0.6) is 0 Å². The molecular formula is C42H53BrN4OS. The van der Waals surface area contributed by atoms with Gasteiger partial charge in [0.2, 0.25) is 0 Å². The van der Waals surface area contributed by atoms with Crippen LogP contribution in [0.2, 0.25) is 0 Å². The molecular weight excluding hydrogens is 688 g/mol. The minimum atomic E-state index is -0.502. The van der Waals surface area contributed by atoms with Gasteiger partial charge in [-0.05, 0) is 144 Å². The van der Waals surface area contributed by atoms with E-state index in [-0.39, 0.29) is 0 Å². The van der Waals surface area contributed by atoms with Gasteiger partial charge < -0.3 is 10.6 Å². The molecule has 1 aliphatic rings. The van der Waals surface area contributed by atoms with Crippen LogP contribution in [0, 0.1) is 4.91 Å². The van der Waals surface area contributed by atoms with Gasteiger partial charge in [-0.15, -0.1) is 4.91 Å². The summed E-state index contributed by atoms with van der Waals surface area (Å²) in [6, 6.07) is 23.7. The monoisotopic (exact) mass is 740 g/mol. The lowest BCUT2D eigenvalue weighted by atomic mass is 9.91. The number of aryl methyl sites for hydroxylation is 1. The first kappa shape index (κ1) is 38.5. The highest BCUT2D eigenvalue weighted by Gasteiger charge is 2.26. The molecule has 1 aliphatic carbocycles. The summed E-state index contributed by atoms with van der Waals surface area (Å²) in [6.45, 7) is 9.31. The molecule has 1 atom stereocenters. The van der Waals surface area contributed by atoms with Gasteiger partial charge >= 0.3 is 0 Å². The molecule has 2 N–H and O–H groups in total. The molecule has 0 bridgehead atoms. The largest absolute Gasteiger partial charge is 0.357 e. The van der Waals surface area contributed by atoms with Crippen LogP contribution in [0.4, 0.5) is 5.69 Å². The molecule has 0 saturated carbocycles. The standard InChI is InChI=1S/C42H53BrN4OS/c1-5-38-39(40(47(4)42(3,44)6-2)30-35(41(38)43)24-23-33-19-13-21-37(29-33)46-48)22-14-20-36(45-27-25-32-15-9-7-10-16-32)26-28-49-31-34-17-11-8-12-18-34/h5,7-12,15-19,29-30H,1,6,13-14,20-28,31,44H2,2-4H3. The fourth-order valence-corrected chi connectivity index (χ4v) is 7.86. The Kier molecular flexibility index (Phi) is 15.6. The number of thioether (sulfide) groups is 1. The summed E-state index contributed by atoms with van der Waals surface area (Å²) in [7, 11) is 2.11. The van der Waals surface area contributed by atoms with Crippen LogP contribution >= 0.6 is 27.7 Å². The quantitative estimate of drug-likeness (QED) is 0.0542. The van der Waals surface area contributed by atoms with Crippen LogP contribution in [-0.2, 0) is 25.0 Å². The highest BCUT2D eigenvalue weighted by Crippen LogP contribution is 2.38. The number of nitrogens with zero attached hydrogens (tertiary/aromatic N) is 3. The molecule has 3 aromatic carbocycles. The highest BCUT2D eigenvalue weighted by atomic mass is 79.9. The summed E-state index contributed by atoms with van der Waals surface area (Å²) in [5.41, 5.74) is 16.9. The van der Waals surface area contributed by atoms with E-state index in [0.29, 0.717) is 5.70 Å². The fraction of sp³-hybridized carbons (Fsp3) is 0.405. The fourth-order valence-electron chi connectivity index (χ4n) is 6.20. The van der Waals surface area contributed by atoms with Crippen molar-refractivity contribution in [3.05, 3.63) is 134 Å². The zero-order chi connectivity index (χ0) is 35.1. The smallest absolute Gasteiger partial charge is 0.0854 e. The first-order chi connectivity index (χ1) is 23.7. The third-order valence-electron chi connectivity index (χ3n) is 9.59. The number of halogens is 1. The van der Waals surface area contributed by atoms with Crippen LogP contribution in [0.15, 0.2) is 111 Å². The average molecular weight is 742 g/mol. The van der Waals surface area contributed by atoms with E-state index in [1.54, 1.807) is 0 Å². The number of nitrogens with two attached hydrogens (primary N) is 1. The van der Waals surface area contributed by atoms with Crippen LogP contribution in [-0.4, -0.2) is 30.7 Å². The summed E-state index contributed by atoms with van der Waals surface area (Å²) in [5, 5.41) is 3.20. The SMILES string of the molecule is C=Cc1c(Br)c(CCC2=CCCC(N=O)=C2)cc(N(C)C(C)(N)CC)c1CCCC(CCSCc1ccccc1)=NCCc1ccccc1. The Morgan fingerprint density at radius 2 is 1.76 bits per heavy atom. The first-order valence-corrected chi connectivity index (χ1v) is 19.6. The lowest BCUT2D eigenvalue weighted by Crippen LogP contribution is -2.52. The zero-order valence-electron chi connectivity index (χ0n) is 29.6. The van der Waals surface area contributed by atoms with E-state index in [9.17, 15) is 4.91 Å². The van der Waals surface area contributed by atoms with Gasteiger partial charge in [0.25, 0.3) is 0 Å². The molecule has 5 nitrogen and oxygen atoms in total. The van der Waals surface area contributed by atoms with Crippen molar-refractivity contribution < 1.29 is 0 Å². The molecule has 260 valence electrons. The van der Waals surface area contributed by atoms with E-state index in [1.807, 2.05) is 23.9 Å². The molecule has 7 heteroatoms. The van der Waals surface area contributed by atoms with Crippen molar-refractivity contribution in [2.24, 2.45) is 15.9 Å². The van der Waals surface area contributed by atoms with E-state index >= 15 is 0 Å². The Balaban J connectivity index is 1.52. The normalized spacial score (nSPS) is 14.5. The molecule has 0 aromatic heterocycles. The molecule has 1 unspecified atom stereocenters. The van der Waals surface area contributed by atoms with E-state index in [2.05, 4.69) is 126 Å². The predicted molar refractivity (Wildman–Crippen MR) is 218 cm³/mol. The summed E-state index contributed by atoms with van der Waals surface area (Å²) in [5.74, 6) is 2.08. The van der Waals surface area contributed by atoms with Crippen LogP contribution in [0.25, 0.3) is 6.08 Å². The van der Waals surface area contributed by atoms with Gasteiger partial charge in [-0.3, -0.25) is 4.99 Å². The lowest BCUT2D eigenvalue weighted by Gasteiger charge is -2.38. The first-order valence-electron chi connectivity index (χ1n) is 17.7. The molecule has 0 fully saturated rings. The van der Waals surface area contributed by atoms with E-state index in [0.717, 1.165) is 98.0 Å². The van der Waals surface area contributed by atoms with Crippen molar-refractivity contribution in [1.82, 2.24) is 0 Å². The topological polar surface area (TPSA) is 71.0 Å².